The zero-order chi connectivity index (χ0) is 17.0. The summed E-state index contributed by atoms with van der Waals surface area (Å²) in [6.45, 7) is 3.61. The fourth-order valence-corrected chi connectivity index (χ4v) is 2.25. The summed E-state index contributed by atoms with van der Waals surface area (Å²) in [6, 6.07) is 3.46. The first-order chi connectivity index (χ1) is 11.0. The van der Waals surface area contributed by atoms with E-state index in [2.05, 4.69) is 4.98 Å². The zero-order valence-corrected chi connectivity index (χ0v) is 13.9. The van der Waals surface area contributed by atoms with E-state index in [9.17, 15) is 9.59 Å². The topological polar surface area (TPSA) is 67.2 Å². The number of carbonyl (C=O) groups is 2. The van der Waals surface area contributed by atoms with Gasteiger partial charge in [0.25, 0.3) is 0 Å². The fourth-order valence-electron chi connectivity index (χ4n) is 2.25. The van der Waals surface area contributed by atoms with Crippen LogP contribution in [0.15, 0.2) is 24.5 Å². The van der Waals surface area contributed by atoms with Gasteiger partial charge in [-0.15, -0.1) is 0 Å². The van der Waals surface area contributed by atoms with Crippen molar-refractivity contribution in [3.63, 3.8) is 0 Å². The van der Waals surface area contributed by atoms with E-state index >= 15 is 0 Å². The van der Waals surface area contributed by atoms with E-state index < -0.39 is 5.97 Å². The fraction of sp³-hybridized carbons (Fsp3) is 0.438. The number of carbonyl (C=O) groups excluding carboxylic acids is 2. The number of pyridine rings is 1. The summed E-state index contributed by atoms with van der Waals surface area (Å²) in [5.74, 6) is -0.367. The van der Waals surface area contributed by atoms with Crippen LogP contribution < -0.4 is 0 Å². The molecule has 0 aliphatic rings. The highest BCUT2D eigenvalue weighted by Crippen LogP contribution is 2.13. The Morgan fingerprint density at radius 3 is 2.70 bits per heavy atom. The molecule has 0 radical (unpaired) electrons. The SMILES string of the molecule is CCN(CC(=O)N(C)C)Cc1cn2cccc(C(=O)OC)c2n1. The number of nitrogens with zero attached hydrogens (tertiary/aromatic N) is 4. The van der Waals surface area contributed by atoms with Gasteiger partial charge in [-0.1, -0.05) is 6.92 Å². The normalized spacial score (nSPS) is 11.0. The first-order valence-corrected chi connectivity index (χ1v) is 7.43. The Morgan fingerprint density at radius 1 is 1.35 bits per heavy atom. The molecule has 0 bridgehead atoms. The lowest BCUT2D eigenvalue weighted by Crippen LogP contribution is -2.36. The highest BCUT2D eigenvalue weighted by Gasteiger charge is 2.16. The molecule has 0 fully saturated rings. The molecule has 0 aromatic carbocycles. The minimum atomic E-state index is -0.414. The molecule has 1 amide bonds. The molecule has 0 aliphatic carbocycles. The lowest BCUT2D eigenvalue weighted by atomic mass is 10.3. The first-order valence-electron chi connectivity index (χ1n) is 7.43. The second kappa shape index (κ2) is 7.23. The van der Waals surface area contributed by atoms with E-state index in [4.69, 9.17) is 4.74 Å². The number of hydrogen-bond acceptors (Lipinski definition) is 5. The molecule has 0 atom stereocenters. The molecule has 0 unspecified atom stereocenters. The largest absolute Gasteiger partial charge is 0.465 e. The van der Waals surface area contributed by atoms with Crippen molar-refractivity contribution >= 4 is 17.5 Å². The Hall–Kier alpha value is -2.41. The highest BCUT2D eigenvalue weighted by atomic mass is 16.5. The van der Waals surface area contributed by atoms with Crippen LogP contribution >= 0.6 is 0 Å². The number of rotatable bonds is 6. The molecule has 2 heterocycles. The van der Waals surface area contributed by atoms with Crippen molar-refractivity contribution in [1.82, 2.24) is 19.2 Å². The number of hydrogen-bond donors (Lipinski definition) is 0. The van der Waals surface area contributed by atoms with Gasteiger partial charge in [-0.2, -0.15) is 0 Å². The lowest BCUT2D eigenvalue weighted by molar-refractivity contribution is -0.130. The lowest BCUT2D eigenvalue weighted by Gasteiger charge is -2.20. The Kier molecular flexibility index (Phi) is 5.33. The molecule has 124 valence electrons. The van der Waals surface area contributed by atoms with Gasteiger partial charge in [-0.3, -0.25) is 9.69 Å². The Labute approximate surface area is 135 Å². The molecule has 2 aromatic rings. The summed E-state index contributed by atoms with van der Waals surface area (Å²) in [7, 11) is 4.83. The summed E-state index contributed by atoms with van der Waals surface area (Å²) in [4.78, 5) is 31.7. The molecule has 0 N–H and O–H groups in total. The minimum Gasteiger partial charge on any atom is -0.465 e. The van der Waals surface area contributed by atoms with Crippen LogP contribution in [0.5, 0.6) is 0 Å². The summed E-state index contributed by atoms with van der Waals surface area (Å²) in [5.41, 5.74) is 1.78. The predicted octanol–water partition coefficient (Wildman–Crippen LogP) is 1.03. The van der Waals surface area contributed by atoms with Gasteiger partial charge in [0.05, 0.1) is 19.3 Å². The van der Waals surface area contributed by atoms with E-state index in [1.54, 1.807) is 35.5 Å². The standard InChI is InChI=1S/C16H22N4O3/c1-5-19(11-14(21)18(2)3)9-12-10-20-8-6-7-13(15(20)17-12)16(22)23-4/h6-8,10H,5,9,11H2,1-4H3. The van der Waals surface area contributed by atoms with Crippen molar-refractivity contribution in [3.8, 4) is 0 Å². The maximum absolute atomic E-state index is 11.9. The number of methoxy groups -OCH3 is 1. The van der Waals surface area contributed by atoms with Crippen LogP contribution in [0.3, 0.4) is 0 Å². The van der Waals surface area contributed by atoms with Crippen LogP contribution in [0, 0.1) is 0 Å². The zero-order valence-electron chi connectivity index (χ0n) is 13.9. The molecule has 0 saturated carbocycles. The molecule has 2 aromatic heterocycles. The second-order valence-electron chi connectivity index (χ2n) is 5.47. The third-order valence-corrected chi connectivity index (χ3v) is 3.63. The van der Waals surface area contributed by atoms with Crippen molar-refractivity contribution in [2.75, 3.05) is 34.3 Å². The molecule has 2 rings (SSSR count). The van der Waals surface area contributed by atoms with Gasteiger partial charge in [0.1, 0.15) is 5.56 Å². The molecule has 7 nitrogen and oxygen atoms in total. The Morgan fingerprint density at radius 2 is 2.09 bits per heavy atom. The number of esters is 1. The van der Waals surface area contributed by atoms with Crippen molar-refractivity contribution in [2.24, 2.45) is 0 Å². The van der Waals surface area contributed by atoms with Gasteiger partial charge in [0, 0.05) is 33.0 Å². The molecule has 0 aliphatic heterocycles. The van der Waals surface area contributed by atoms with Crippen LogP contribution in [-0.4, -0.2) is 65.4 Å². The van der Waals surface area contributed by atoms with Gasteiger partial charge in [-0.25, -0.2) is 9.78 Å². The summed E-state index contributed by atoms with van der Waals surface area (Å²) in [5, 5.41) is 0. The number of amides is 1. The van der Waals surface area contributed by atoms with Gasteiger partial charge >= 0.3 is 5.97 Å². The number of likely N-dealkylation sites (N-methyl/N-ethyl adjacent to an activating group) is 2. The van der Waals surface area contributed by atoms with Crippen LogP contribution in [-0.2, 0) is 16.1 Å². The first kappa shape index (κ1) is 17.0. The van der Waals surface area contributed by atoms with Gasteiger partial charge in [0.15, 0.2) is 5.65 Å². The van der Waals surface area contributed by atoms with Crippen LogP contribution in [0.1, 0.15) is 23.0 Å². The number of imidazole rings is 1. The summed E-state index contributed by atoms with van der Waals surface area (Å²) < 4.78 is 6.58. The van der Waals surface area contributed by atoms with Gasteiger partial charge in [0.2, 0.25) is 5.91 Å². The maximum Gasteiger partial charge on any atom is 0.341 e. The second-order valence-corrected chi connectivity index (χ2v) is 5.47. The number of fused-ring (bicyclic) bond motifs is 1. The van der Waals surface area contributed by atoms with Crippen molar-refractivity contribution in [3.05, 3.63) is 35.8 Å². The quantitative estimate of drug-likeness (QED) is 0.744. The van der Waals surface area contributed by atoms with Crippen LogP contribution in [0.25, 0.3) is 5.65 Å². The van der Waals surface area contributed by atoms with Crippen LogP contribution in [0.4, 0.5) is 0 Å². The summed E-state index contributed by atoms with van der Waals surface area (Å²) >= 11 is 0. The average molecular weight is 318 g/mol. The third-order valence-electron chi connectivity index (χ3n) is 3.63. The monoisotopic (exact) mass is 318 g/mol. The molecule has 0 spiro atoms. The Balaban J connectivity index is 2.23. The highest BCUT2D eigenvalue weighted by molar-refractivity contribution is 5.95. The minimum absolute atomic E-state index is 0.0471. The predicted molar refractivity (Wildman–Crippen MR) is 86.2 cm³/mol. The van der Waals surface area contributed by atoms with Crippen molar-refractivity contribution in [1.29, 1.82) is 0 Å². The van der Waals surface area contributed by atoms with Crippen molar-refractivity contribution < 1.29 is 14.3 Å². The number of ether oxygens (including phenoxy) is 1. The molecular formula is C16H22N4O3. The van der Waals surface area contributed by atoms with Gasteiger partial charge in [-0.05, 0) is 18.7 Å². The van der Waals surface area contributed by atoms with E-state index in [-0.39, 0.29) is 5.91 Å². The molecule has 7 heteroatoms. The van der Waals surface area contributed by atoms with E-state index in [0.29, 0.717) is 24.3 Å². The van der Waals surface area contributed by atoms with E-state index in [1.807, 2.05) is 24.2 Å². The van der Waals surface area contributed by atoms with Crippen LogP contribution in [0.2, 0.25) is 0 Å². The Bertz CT molecular complexity index is 708. The smallest absolute Gasteiger partial charge is 0.341 e. The molecular weight excluding hydrogens is 296 g/mol. The maximum atomic E-state index is 11.9. The molecule has 23 heavy (non-hydrogen) atoms. The van der Waals surface area contributed by atoms with E-state index in [0.717, 1.165) is 12.2 Å². The van der Waals surface area contributed by atoms with Gasteiger partial charge < -0.3 is 14.0 Å². The third kappa shape index (κ3) is 3.87. The average Bonchev–Trinajstić information content (AvgIpc) is 2.95. The number of aromatic nitrogens is 2. The summed E-state index contributed by atoms with van der Waals surface area (Å²) in [6.07, 6.45) is 3.70. The van der Waals surface area contributed by atoms with E-state index in [1.165, 1.54) is 7.11 Å². The van der Waals surface area contributed by atoms with Crippen molar-refractivity contribution in [2.45, 2.75) is 13.5 Å². The molecule has 0 saturated heterocycles.